The number of nitrogens with two attached hydrogens (primary N) is 1. The summed E-state index contributed by atoms with van der Waals surface area (Å²) < 4.78 is 0. The first-order valence-electron chi connectivity index (χ1n) is 9.82. The van der Waals surface area contributed by atoms with Crippen LogP contribution in [-0.2, 0) is 6.54 Å². The van der Waals surface area contributed by atoms with Crippen LogP contribution >= 0.6 is 0 Å². The predicted molar refractivity (Wildman–Crippen MR) is 108 cm³/mol. The van der Waals surface area contributed by atoms with Gasteiger partial charge in [0.15, 0.2) is 0 Å². The molecule has 4 rings (SSSR count). The Balaban J connectivity index is 1.47. The van der Waals surface area contributed by atoms with E-state index in [4.69, 9.17) is 5.73 Å². The molecule has 0 saturated carbocycles. The van der Waals surface area contributed by atoms with Gasteiger partial charge in [-0.3, -0.25) is 9.69 Å². The highest BCUT2D eigenvalue weighted by Crippen LogP contribution is 2.41. The van der Waals surface area contributed by atoms with Crippen molar-refractivity contribution in [3.8, 4) is 0 Å². The number of aryl methyl sites for hydroxylation is 1. The second kappa shape index (κ2) is 7.31. The van der Waals surface area contributed by atoms with E-state index < -0.39 is 5.91 Å². The third-order valence-corrected chi connectivity index (χ3v) is 6.02. The molecule has 1 atom stereocenters. The van der Waals surface area contributed by atoms with Gasteiger partial charge in [-0.25, -0.2) is 4.98 Å². The molecule has 2 fully saturated rings. The fraction of sp³-hybridized carbons (Fsp3) is 0.455. The monoisotopic (exact) mass is 364 g/mol. The number of nitrogens with zero attached hydrogens (tertiary/aromatic N) is 3. The highest BCUT2D eigenvalue weighted by Gasteiger charge is 2.42. The van der Waals surface area contributed by atoms with Crippen molar-refractivity contribution in [2.45, 2.75) is 32.7 Å². The summed E-state index contributed by atoms with van der Waals surface area (Å²) in [7, 11) is 0. The fourth-order valence-corrected chi connectivity index (χ4v) is 4.80. The second-order valence-electron chi connectivity index (χ2n) is 8.21. The standard InChI is InChI=1S/C22H28N4O/c1-17-5-2-6-18(13-17)14-25-11-4-8-22(15-25)9-12-26(16-22)21-19(20(23)27)7-3-10-24-21/h2-3,5-7,10,13H,4,8-9,11-12,14-16H2,1H3,(H2,23,27)/t22-/m1/s1. The van der Waals surface area contributed by atoms with Crippen LogP contribution in [0.1, 0.15) is 40.7 Å². The van der Waals surface area contributed by atoms with E-state index >= 15 is 0 Å². The maximum atomic E-state index is 11.8. The Bertz CT molecular complexity index is 837. The average Bonchev–Trinajstić information content (AvgIpc) is 3.05. The van der Waals surface area contributed by atoms with E-state index in [1.165, 1.54) is 24.0 Å². The Hall–Kier alpha value is -2.40. The third-order valence-electron chi connectivity index (χ3n) is 6.02. The van der Waals surface area contributed by atoms with Crippen LogP contribution in [0.2, 0.25) is 0 Å². The molecule has 2 aliphatic rings. The van der Waals surface area contributed by atoms with Gasteiger partial charge >= 0.3 is 0 Å². The molecule has 1 amide bonds. The fourth-order valence-electron chi connectivity index (χ4n) is 4.80. The third kappa shape index (κ3) is 3.83. The molecule has 0 radical (unpaired) electrons. The van der Waals surface area contributed by atoms with Crippen LogP contribution in [0.15, 0.2) is 42.6 Å². The van der Waals surface area contributed by atoms with E-state index in [0.717, 1.165) is 45.0 Å². The van der Waals surface area contributed by atoms with Crippen molar-refractivity contribution in [2.75, 3.05) is 31.1 Å². The van der Waals surface area contributed by atoms with E-state index in [0.29, 0.717) is 5.56 Å². The van der Waals surface area contributed by atoms with Crippen LogP contribution in [0.5, 0.6) is 0 Å². The topological polar surface area (TPSA) is 62.5 Å². The highest BCUT2D eigenvalue weighted by molar-refractivity contribution is 5.97. The predicted octanol–water partition coefficient (Wildman–Crippen LogP) is 2.98. The van der Waals surface area contributed by atoms with Gasteiger partial charge in [-0.05, 0) is 50.4 Å². The van der Waals surface area contributed by atoms with Crippen LogP contribution < -0.4 is 10.6 Å². The molecule has 5 heteroatoms. The molecule has 1 spiro atoms. The normalized spacial score (nSPS) is 23.1. The molecular formula is C22H28N4O. The Morgan fingerprint density at radius 3 is 2.89 bits per heavy atom. The molecular weight excluding hydrogens is 336 g/mol. The summed E-state index contributed by atoms with van der Waals surface area (Å²) >= 11 is 0. The molecule has 2 aliphatic heterocycles. The van der Waals surface area contributed by atoms with E-state index in [1.807, 2.05) is 0 Å². The Morgan fingerprint density at radius 2 is 2.07 bits per heavy atom. The first-order chi connectivity index (χ1) is 13.0. The molecule has 0 aliphatic carbocycles. The van der Waals surface area contributed by atoms with Crippen molar-refractivity contribution in [1.29, 1.82) is 0 Å². The van der Waals surface area contributed by atoms with Gasteiger partial charge in [-0.1, -0.05) is 29.8 Å². The SMILES string of the molecule is Cc1cccc(CN2CCC[C@@]3(CCN(c4ncccc4C(N)=O)C3)C2)c1. The number of likely N-dealkylation sites (tertiary alicyclic amines) is 1. The summed E-state index contributed by atoms with van der Waals surface area (Å²) in [5.74, 6) is 0.349. The number of piperidine rings is 1. The number of hydrogen-bond acceptors (Lipinski definition) is 4. The largest absolute Gasteiger partial charge is 0.365 e. The first kappa shape index (κ1) is 18.0. The Morgan fingerprint density at radius 1 is 1.19 bits per heavy atom. The van der Waals surface area contributed by atoms with Gasteiger partial charge < -0.3 is 10.6 Å². The number of benzene rings is 1. The molecule has 0 unspecified atom stereocenters. The number of carbonyl (C=O) groups excluding carboxylic acids is 1. The molecule has 3 heterocycles. The summed E-state index contributed by atoms with van der Waals surface area (Å²) in [6, 6.07) is 12.4. The smallest absolute Gasteiger partial charge is 0.252 e. The first-order valence-corrected chi connectivity index (χ1v) is 9.82. The maximum Gasteiger partial charge on any atom is 0.252 e. The number of amides is 1. The zero-order valence-corrected chi connectivity index (χ0v) is 16.0. The average molecular weight is 364 g/mol. The lowest BCUT2D eigenvalue weighted by Gasteiger charge is -2.40. The summed E-state index contributed by atoms with van der Waals surface area (Å²) in [6.45, 7) is 7.32. The van der Waals surface area contributed by atoms with Gasteiger partial charge in [0.1, 0.15) is 5.82 Å². The molecule has 1 aromatic heterocycles. The number of carbonyl (C=O) groups is 1. The Labute approximate surface area is 161 Å². The van der Waals surface area contributed by atoms with Gasteiger partial charge in [0.2, 0.25) is 0 Å². The van der Waals surface area contributed by atoms with E-state index in [-0.39, 0.29) is 5.41 Å². The van der Waals surface area contributed by atoms with Crippen LogP contribution in [0, 0.1) is 12.3 Å². The highest BCUT2D eigenvalue weighted by atomic mass is 16.1. The van der Waals surface area contributed by atoms with Gasteiger partial charge in [-0.15, -0.1) is 0 Å². The van der Waals surface area contributed by atoms with Crippen LogP contribution in [0.3, 0.4) is 0 Å². The quantitative estimate of drug-likeness (QED) is 0.906. The molecule has 5 nitrogen and oxygen atoms in total. The number of hydrogen-bond donors (Lipinski definition) is 1. The van der Waals surface area contributed by atoms with Crippen molar-refractivity contribution >= 4 is 11.7 Å². The number of primary amides is 1. The van der Waals surface area contributed by atoms with E-state index in [9.17, 15) is 4.79 Å². The number of aromatic nitrogens is 1. The van der Waals surface area contributed by atoms with Crippen molar-refractivity contribution < 1.29 is 4.79 Å². The molecule has 2 saturated heterocycles. The van der Waals surface area contributed by atoms with Crippen molar-refractivity contribution in [3.63, 3.8) is 0 Å². The lowest BCUT2D eigenvalue weighted by atomic mass is 9.79. The minimum atomic E-state index is -0.399. The van der Waals surface area contributed by atoms with Crippen molar-refractivity contribution in [2.24, 2.45) is 11.1 Å². The molecule has 27 heavy (non-hydrogen) atoms. The van der Waals surface area contributed by atoms with Gasteiger partial charge in [0.05, 0.1) is 5.56 Å². The molecule has 2 N–H and O–H groups in total. The summed E-state index contributed by atoms with van der Waals surface area (Å²) in [5.41, 5.74) is 9.09. The number of pyridine rings is 1. The van der Waals surface area contributed by atoms with Crippen molar-refractivity contribution in [1.82, 2.24) is 9.88 Å². The van der Waals surface area contributed by atoms with Crippen LogP contribution in [-0.4, -0.2) is 42.0 Å². The maximum absolute atomic E-state index is 11.8. The second-order valence-corrected chi connectivity index (χ2v) is 8.21. The van der Waals surface area contributed by atoms with Crippen LogP contribution in [0.4, 0.5) is 5.82 Å². The van der Waals surface area contributed by atoms with E-state index in [2.05, 4.69) is 46.0 Å². The number of rotatable bonds is 4. The molecule has 0 bridgehead atoms. The van der Waals surface area contributed by atoms with Crippen LogP contribution in [0.25, 0.3) is 0 Å². The minimum Gasteiger partial charge on any atom is -0.365 e. The lowest BCUT2D eigenvalue weighted by molar-refractivity contribution is 0.0986. The number of anilines is 1. The lowest BCUT2D eigenvalue weighted by Crippen LogP contribution is -2.44. The van der Waals surface area contributed by atoms with Crippen molar-refractivity contribution in [3.05, 3.63) is 59.3 Å². The van der Waals surface area contributed by atoms with Gasteiger partial charge in [0.25, 0.3) is 5.91 Å². The molecule has 2 aromatic rings. The minimum absolute atomic E-state index is 0.286. The van der Waals surface area contributed by atoms with Gasteiger partial charge in [-0.2, -0.15) is 0 Å². The molecule has 1 aromatic carbocycles. The summed E-state index contributed by atoms with van der Waals surface area (Å²) in [5, 5.41) is 0. The molecule has 142 valence electrons. The summed E-state index contributed by atoms with van der Waals surface area (Å²) in [6.07, 6.45) is 5.36. The Kier molecular flexibility index (Phi) is 4.87. The van der Waals surface area contributed by atoms with E-state index in [1.54, 1.807) is 18.3 Å². The zero-order valence-electron chi connectivity index (χ0n) is 16.0. The zero-order chi connectivity index (χ0) is 18.9. The van der Waals surface area contributed by atoms with Gasteiger partial charge in [0, 0.05) is 37.8 Å². The summed E-state index contributed by atoms with van der Waals surface area (Å²) in [4.78, 5) is 21.1.